The molecule has 8 rings (SSSR count). The molecule has 0 atom stereocenters. The van der Waals surface area contributed by atoms with Crippen molar-refractivity contribution in [2.45, 2.75) is 19.3 Å². The fourth-order valence-corrected chi connectivity index (χ4v) is 7.03. The van der Waals surface area contributed by atoms with Crippen LogP contribution < -0.4 is 0 Å². The van der Waals surface area contributed by atoms with E-state index in [4.69, 9.17) is 0 Å². The summed E-state index contributed by atoms with van der Waals surface area (Å²) in [5, 5.41) is 2.53. The molecule has 0 aromatic heterocycles. The zero-order valence-corrected chi connectivity index (χ0v) is 25.7. The molecule has 0 aliphatic heterocycles. The van der Waals surface area contributed by atoms with Crippen molar-refractivity contribution in [3.05, 3.63) is 180 Å². The van der Waals surface area contributed by atoms with Crippen LogP contribution in [0.4, 0.5) is 0 Å². The molecule has 0 amide bonds. The summed E-state index contributed by atoms with van der Waals surface area (Å²) in [6.07, 6.45) is 4.45. The second-order valence-corrected chi connectivity index (χ2v) is 12.6. The summed E-state index contributed by atoms with van der Waals surface area (Å²) in [5.41, 5.74) is 15.2. The first-order valence-electron chi connectivity index (χ1n) is 15.8. The van der Waals surface area contributed by atoms with Crippen LogP contribution in [-0.4, -0.2) is 0 Å². The average molecular weight is 575 g/mol. The van der Waals surface area contributed by atoms with Crippen molar-refractivity contribution in [2.75, 3.05) is 0 Å². The molecule has 7 aromatic carbocycles. The molecule has 0 radical (unpaired) electrons. The van der Waals surface area contributed by atoms with Gasteiger partial charge < -0.3 is 0 Å². The van der Waals surface area contributed by atoms with Gasteiger partial charge in [-0.1, -0.05) is 153 Å². The molecule has 0 saturated carbocycles. The van der Waals surface area contributed by atoms with Crippen LogP contribution in [0.2, 0.25) is 0 Å². The van der Waals surface area contributed by atoms with Crippen LogP contribution in [0.25, 0.3) is 67.4 Å². The Morgan fingerprint density at radius 3 is 1.69 bits per heavy atom. The van der Waals surface area contributed by atoms with Gasteiger partial charge in [0.25, 0.3) is 0 Å². The van der Waals surface area contributed by atoms with Crippen LogP contribution in [0.15, 0.2) is 158 Å². The third-order valence-corrected chi connectivity index (χ3v) is 9.44. The highest BCUT2D eigenvalue weighted by atomic mass is 14.4. The minimum atomic E-state index is -0.102. The zero-order valence-electron chi connectivity index (χ0n) is 25.7. The maximum atomic E-state index is 2.43. The van der Waals surface area contributed by atoms with Crippen LogP contribution in [0.1, 0.15) is 36.1 Å². The van der Waals surface area contributed by atoms with Crippen LogP contribution in [0, 0.1) is 0 Å². The molecule has 0 unspecified atom stereocenters. The minimum Gasteiger partial charge on any atom is -0.0622 e. The molecule has 0 saturated heterocycles. The predicted octanol–water partition coefficient (Wildman–Crippen LogP) is 12.3. The number of rotatable bonds is 5. The van der Waals surface area contributed by atoms with Gasteiger partial charge in [-0.15, -0.1) is 0 Å². The van der Waals surface area contributed by atoms with Crippen molar-refractivity contribution in [1.29, 1.82) is 0 Å². The van der Waals surface area contributed by atoms with Crippen molar-refractivity contribution in [1.82, 2.24) is 0 Å². The first kappa shape index (κ1) is 27.1. The molecule has 45 heavy (non-hydrogen) atoms. The Bertz CT molecular complexity index is 2210. The van der Waals surface area contributed by atoms with Gasteiger partial charge in [-0.05, 0) is 108 Å². The Morgan fingerprint density at radius 1 is 0.378 bits per heavy atom. The molecule has 0 N–H and O–H groups in total. The molecule has 1 aliphatic carbocycles. The van der Waals surface area contributed by atoms with E-state index in [0.29, 0.717) is 0 Å². The van der Waals surface area contributed by atoms with E-state index in [9.17, 15) is 0 Å². The third kappa shape index (κ3) is 4.89. The fraction of sp³-hybridized carbons (Fsp3) is 0.0667. The Balaban J connectivity index is 1.25. The number of fused-ring (bicyclic) bond motifs is 4. The van der Waals surface area contributed by atoms with E-state index in [1.807, 2.05) is 0 Å². The van der Waals surface area contributed by atoms with Crippen molar-refractivity contribution in [3.63, 3.8) is 0 Å². The van der Waals surface area contributed by atoms with Gasteiger partial charge in [-0.25, -0.2) is 0 Å². The van der Waals surface area contributed by atoms with Crippen LogP contribution in [0.5, 0.6) is 0 Å². The summed E-state index contributed by atoms with van der Waals surface area (Å²) in [6.45, 7) is 4.74. The van der Waals surface area contributed by atoms with Gasteiger partial charge in [0.2, 0.25) is 0 Å². The lowest BCUT2D eigenvalue weighted by atomic mass is 9.80. The Labute approximate surface area is 266 Å². The highest BCUT2D eigenvalue weighted by Crippen LogP contribution is 2.50. The molecule has 0 bridgehead atoms. The average Bonchev–Trinajstić information content (AvgIpc) is 3.33. The Kier molecular flexibility index (Phi) is 6.58. The van der Waals surface area contributed by atoms with E-state index in [-0.39, 0.29) is 5.41 Å². The van der Waals surface area contributed by atoms with Crippen LogP contribution in [-0.2, 0) is 5.41 Å². The maximum absolute atomic E-state index is 2.43. The van der Waals surface area contributed by atoms with Crippen molar-refractivity contribution < 1.29 is 0 Å². The summed E-state index contributed by atoms with van der Waals surface area (Å²) in [4.78, 5) is 0. The molecular weight excluding hydrogens is 540 g/mol. The lowest BCUT2D eigenvalue weighted by Crippen LogP contribution is -2.15. The van der Waals surface area contributed by atoms with E-state index in [1.165, 1.54) is 77.5 Å². The highest BCUT2D eigenvalue weighted by molar-refractivity contribution is 5.98. The van der Waals surface area contributed by atoms with E-state index in [1.54, 1.807) is 0 Å². The van der Waals surface area contributed by atoms with E-state index < -0.39 is 0 Å². The van der Waals surface area contributed by atoms with Crippen molar-refractivity contribution in [2.24, 2.45) is 0 Å². The second-order valence-electron chi connectivity index (χ2n) is 12.6. The van der Waals surface area contributed by atoms with Gasteiger partial charge in [0, 0.05) is 5.41 Å². The topological polar surface area (TPSA) is 0 Å². The summed E-state index contributed by atoms with van der Waals surface area (Å²) in [5.74, 6) is 0. The SMILES string of the molecule is CC1(C)c2cc(-c3ccccc3)ccc2-c2ccc(-c3cc(/C=C/c4ccccc4)cc(-c4cccc5ccccc45)c3)cc21. The van der Waals surface area contributed by atoms with Crippen molar-refractivity contribution >= 4 is 22.9 Å². The van der Waals surface area contributed by atoms with E-state index >= 15 is 0 Å². The fourth-order valence-electron chi connectivity index (χ4n) is 7.03. The van der Waals surface area contributed by atoms with Crippen LogP contribution >= 0.6 is 0 Å². The first-order valence-corrected chi connectivity index (χ1v) is 15.8. The van der Waals surface area contributed by atoms with E-state index in [2.05, 4.69) is 184 Å². The lowest BCUT2D eigenvalue weighted by Gasteiger charge is -2.23. The molecule has 0 heteroatoms. The molecule has 7 aromatic rings. The molecule has 0 nitrogen and oxygen atoms in total. The largest absolute Gasteiger partial charge is 0.0622 e. The smallest absolute Gasteiger partial charge is 0.0159 e. The summed E-state index contributed by atoms with van der Waals surface area (Å²) < 4.78 is 0. The molecule has 0 fully saturated rings. The second kappa shape index (κ2) is 10.9. The summed E-state index contributed by atoms with van der Waals surface area (Å²) in [7, 11) is 0. The third-order valence-electron chi connectivity index (χ3n) is 9.44. The van der Waals surface area contributed by atoms with Crippen LogP contribution in [0.3, 0.4) is 0 Å². The number of hydrogen-bond acceptors (Lipinski definition) is 0. The molecule has 1 aliphatic rings. The Morgan fingerprint density at radius 2 is 0.956 bits per heavy atom. The predicted molar refractivity (Wildman–Crippen MR) is 193 cm³/mol. The summed E-state index contributed by atoms with van der Waals surface area (Å²) in [6, 6.07) is 57.6. The maximum Gasteiger partial charge on any atom is 0.0159 e. The van der Waals surface area contributed by atoms with Gasteiger partial charge in [0.1, 0.15) is 0 Å². The molecule has 0 heterocycles. The van der Waals surface area contributed by atoms with E-state index in [0.717, 1.165) is 0 Å². The monoisotopic (exact) mass is 574 g/mol. The standard InChI is InChI=1S/C45H34/c1-45(2)43-29-35(33-14-7-4-8-15-33)22-24-41(43)42-25-23-36(30-44(42)45)37-26-32(21-20-31-12-5-3-6-13-31)27-38(28-37)40-19-11-17-34-16-9-10-18-39(34)40/h3-30H,1-2H3/b21-20+. The minimum absolute atomic E-state index is 0.102. The van der Waals surface area contributed by atoms with Crippen molar-refractivity contribution in [3.8, 4) is 44.5 Å². The molecule has 0 spiro atoms. The summed E-state index contributed by atoms with van der Waals surface area (Å²) >= 11 is 0. The van der Waals surface area contributed by atoms with Gasteiger partial charge >= 0.3 is 0 Å². The van der Waals surface area contributed by atoms with Gasteiger partial charge in [0.15, 0.2) is 0 Å². The Hall–Kier alpha value is -5.46. The first-order chi connectivity index (χ1) is 22.0. The highest BCUT2D eigenvalue weighted by Gasteiger charge is 2.35. The zero-order chi connectivity index (χ0) is 30.4. The van der Waals surface area contributed by atoms with Gasteiger partial charge in [0.05, 0.1) is 0 Å². The van der Waals surface area contributed by atoms with Gasteiger partial charge in [-0.3, -0.25) is 0 Å². The number of hydrogen-bond donors (Lipinski definition) is 0. The normalized spacial score (nSPS) is 13.2. The lowest BCUT2D eigenvalue weighted by molar-refractivity contribution is 0.661. The van der Waals surface area contributed by atoms with Gasteiger partial charge in [-0.2, -0.15) is 0 Å². The molecular formula is C45H34. The quantitative estimate of drug-likeness (QED) is 0.179. The molecule has 214 valence electrons. The number of benzene rings is 7.